The molecule has 1 unspecified atom stereocenters. The third kappa shape index (κ3) is 12.7. The van der Waals surface area contributed by atoms with E-state index < -0.39 is 18.4 Å². The van der Waals surface area contributed by atoms with Crippen molar-refractivity contribution >= 4 is 0 Å². The van der Waals surface area contributed by atoms with Crippen molar-refractivity contribution in [2.45, 2.75) is 124 Å². The van der Waals surface area contributed by atoms with Gasteiger partial charge in [-0.05, 0) is 47.5 Å². The highest BCUT2D eigenvalue weighted by Crippen LogP contribution is 2.37. The van der Waals surface area contributed by atoms with E-state index in [2.05, 4.69) is 6.92 Å². The molecule has 0 saturated carbocycles. The van der Waals surface area contributed by atoms with Gasteiger partial charge in [0.1, 0.15) is 0 Å². The zero-order valence-electron chi connectivity index (χ0n) is 17.0. The van der Waals surface area contributed by atoms with E-state index in [-0.39, 0.29) is 24.5 Å². The number of ether oxygens (including phenoxy) is 2. The van der Waals surface area contributed by atoms with Crippen LogP contribution in [0.25, 0.3) is 0 Å². The second-order valence-electron chi connectivity index (χ2n) is 7.76. The van der Waals surface area contributed by atoms with Gasteiger partial charge >= 0.3 is 6.18 Å². The molecular formula is C20H39F3O2. The molecule has 0 bridgehead atoms. The van der Waals surface area contributed by atoms with E-state index in [9.17, 15) is 13.2 Å². The number of halogens is 3. The van der Waals surface area contributed by atoms with Crippen LogP contribution in [-0.4, -0.2) is 24.2 Å². The van der Waals surface area contributed by atoms with Gasteiger partial charge in [0.05, 0.1) is 12.2 Å². The Morgan fingerprint density at radius 2 is 1.24 bits per heavy atom. The lowest BCUT2D eigenvalue weighted by atomic mass is 9.88. The lowest BCUT2D eigenvalue weighted by molar-refractivity contribution is -0.289. The van der Waals surface area contributed by atoms with Crippen LogP contribution < -0.4 is 0 Å². The minimum Gasteiger partial charge on any atom is -0.347 e. The molecule has 0 N–H and O–H groups in total. The Morgan fingerprint density at radius 1 is 0.760 bits per heavy atom. The lowest BCUT2D eigenvalue weighted by Crippen LogP contribution is -2.44. The van der Waals surface area contributed by atoms with E-state index in [4.69, 9.17) is 9.47 Å². The van der Waals surface area contributed by atoms with Crippen molar-refractivity contribution in [2.24, 2.45) is 5.92 Å². The predicted molar refractivity (Wildman–Crippen MR) is 97.6 cm³/mol. The van der Waals surface area contributed by atoms with Crippen molar-refractivity contribution in [1.29, 1.82) is 0 Å². The molecule has 0 fully saturated rings. The Bertz CT molecular complexity index is 317. The van der Waals surface area contributed by atoms with E-state index in [0.29, 0.717) is 6.42 Å². The smallest absolute Gasteiger partial charge is 0.347 e. The Labute approximate surface area is 152 Å². The summed E-state index contributed by atoms with van der Waals surface area (Å²) in [7, 11) is 0. The molecule has 0 saturated heterocycles. The van der Waals surface area contributed by atoms with Gasteiger partial charge in [0.15, 0.2) is 5.79 Å². The molecule has 0 aromatic carbocycles. The molecule has 0 amide bonds. The Morgan fingerprint density at radius 3 is 1.68 bits per heavy atom. The summed E-state index contributed by atoms with van der Waals surface area (Å²) in [4.78, 5) is 0. The average molecular weight is 369 g/mol. The number of rotatable bonds is 14. The Kier molecular flexibility index (Phi) is 12.0. The summed E-state index contributed by atoms with van der Waals surface area (Å²) >= 11 is 0. The first-order valence-corrected chi connectivity index (χ1v) is 9.92. The highest BCUT2D eigenvalue weighted by Gasteiger charge is 2.40. The van der Waals surface area contributed by atoms with Crippen LogP contribution in [0.5, 0.6) is 0 Å². The minimum absolute atomic E-state index is 0.0500. The van der Waals surface area contributed by atoms with Gasteiger partial charge in [-0.2, -0.15) is 13.2 Å². The molecule has 0 radical (unpaired) electrons. The first-order chi connectivity index (χ1) is 11.5. The van der Waals surface area contributed by atoms with Crippen LogP contribution in [0.2, 0.25) is 0 Å². The van der Waals surface area contributed by atoms with Crippen molar-refractivity contribution in [3.05, 3.63) is 0 Å². The highest BCUT2D eigenvalue weighted by molar-refractivity contribution is 4.79. The van der Waals surface area contributed by atoms with Crippen LogP contribution in [0, 0.1) is 5.92 Å². The molecule has 2 nitrogen and oxygen atoms in total. The van der Waals surface area contributed by atoms with Crippen molar-refractivity contribution < 1.29 is 22.6 Å². The van der Waals surface area contributed by atoms with Gasteiger partial charge in [0.2, 0.25) is 0 Å². The molecule has 152 valence electrons. The fraction of sp³-hybridized carbons (Fsp3) is 1.00. The van der Waals surface area contributed by atoms with Crippen molar-refractivity contribution in [1.82, 2.24) is 0 Å². The molecule has 0 aliphatic heterocycles. The summed E-state index contributed by atoms with van der Waals surface area (Å²) in [6, 6.07) is 0. The van der Waals surface area contributed by atoms with Crippen LogP contribution in [0.1, 0.15) is 99.3 Å². The molecule has 25 heavy (non-hydrogen) atoms. The average Bonchev–Trinajstić information content (AvgIpc) is 2.42. The van der Waals surface area contributed by atoms with E-state index >= 15 is 0 Å². The molecule has 0 aliphatic carbocycles. The molecule has 5 heteroatoms. The summed E-state index contributed by atoms with van der Waals surface area (Å²) in [5.41, 5.74) is 0. The normalized spacial score (nSPS) is 14.5. The molecule has 0 spiro atoms. The van der Waals surface area contributed by atoms with Gasteiger partial charge in [0.25, 0.3) is 0 Å². The molecule has 0 aromatic rings. The number of unbranched alkanes of at least 4 members (excludes halogenated alkanes) is 5. The zero-order valence-corrected chi connectivity index (χ0v) is 17.0. The van der Waals surface area contributed by atoms with E-state index in [1.54, 1.807) is 0 Å². The maximum atomic E-state index is 12.8. The fourth-order valence-electron chi connectivity index (χ4n) is 3.33. The van der Waals surface area contributed by atoms with Crippen molar-refractivity contribution in [2.75, 3.05) is 0 Å². The fourth-order valence-corrected chi connectivity index (χ4v) is 3.33. The summed E-state index contributed by atoms with van der Waals surface area (Å²) < 4.78 is 50.3. The highest BCUT2D eigenvalue weighted by atomic mass is 19.4. The first-order valence-electron chi connectivity index (χ1n) is 9.92. The van der Waals surface area contributed by atoms with Crippen LogP contribution in [-0.2, 0) is 9.47 Å². The minimum atomic E-state index is -4.14. The van der Waals surface area contributed by atoms with E-state index in [0.717, 1.165) is 19.3 Å². The van der Waals surface area contributed by atoms with Crippen LogP contribution in [0.15, 0.2) is 0 Å². The molecule has 0 heterocycles. The van der Waals surface area contributed by atoms with Gasteiger partial charge in [-0.15, -0.1) is 0 Å². The number of hydrogen-bond donors (Lipinski definition) is 0. The van der Waals surface area contributed by atoms with Gasteiger partial charge in [-0.1, -0.05) is 45.4 Å². The molecule has 1 atom stereocenters. The van der Waals surface area contributed by atoms with Crippen molar-refractivity contribution in [3.63, 3.8) is 0 Å². The lowest BCUT2D eigenvalue weighted by Gasteiger charge is -2.40. The molecular weight excluding hydrogens is 329 g/mol. The second kappa shape index (κ2) is 12.2. The SMILES string of the molecule is CCCCCCCCC(CCC(F)(F)F)C(C)(OC(C)C)OC(C)C. The second-order valence-corrected chi connectivity index (χ2v) is 7.76. The summed E-state index contributed by atoms with van der Waals surface area (Å²) in [6.45, 7) is 11.6. The summed E-state index contributed by atoms with van der Waals surface area (Å²) in [5.74, 6) is -1.23. The third-order valence-corrected chi connectivity index (χ3v) is 4.36. The summed E-state index contributed by atoms with van der Waals surface area (Å²) in [6.07, 6.45) is 2.38. The monoisotopic (exact) mass is 368 g/mol. The van der Waals surface area contributed by atoms with Crippen LogP contribution >= 0.6 is 0 Å². The van der Waals surface area contributed by atoms with Crippen LogP contribution in [0.3, 0.4) is 0 Å². The largest absolute Gasteiger partial charge is 0.389 e. The first kappa shape index (κ1) is 24.7. The predicted octanol–water partition coefficient (Wildman–Crippen LogP) is 7.26. The third-order valence-electron chi connectivity index (χ3n) is 4.36. The molecule has 0 aliphatic rings. The standard InChI is InChI=1S/C20H39F3O2/c1-7-8-9-10-11-12-13-18(14-15-20(21,22)23)19(6,24-16(2)3)25-17(4)5/h16-18H,7-15H2,1-6H3. The molecule has 0 rings (SSSR count). The number of hydrogen-bond acceptors (Lipinski definition) is 2. The Balaban J connectivity index is 4.89. The Hall–Kier alpha value is -0.290. The summed E-state index contributed by atoms with van der Waals surface area (Å²) in [5, 5.41) is 0. The maximum Gasteiger partial charge on any atom is 0.389 e. The van der Waals surface area contributed by atoms with Crippen molar-refractivity contribution in [3.8, 4) is 0 Å². The quantitative estimate of drug-likeness (QED) is 0.237. The number of alkyl halides is 3. The maximum absolute atomic E-state index is 12.8. The van der Waals surface area contributed by atoms with Gasteiger partial charge in [-0.25, -0.2) is 0 Å². The zero-order chi connectivity index (χ0) is 19.5. The topological polar surface area (TPSA) is 18.5 Å². The van der Waals surface area contributed by atoms with Gasteiger partial charge in [-0.3, -0.25) is 0 Å². The van der Waals surface area contributed by atoms with E-state index in [1.807, 2.05) is 34.6 Å². The van der Waals surface area contributed by atoms with E-state index in [1.165, 1.54) is 19.3 Å². The van der Waals surface area contributed by atoms with Crippen LogP contribution in [0.4, 0.5) is 13.2 Å². The van der Waals surface area contributed by atoms with Gasteiger partial charge < -0.3 is 9.47 Å². The van der Waals surface area contributed by atoms with Gasteiger partial charge in [0, 0.05) is 12.3 Å². The molecule has 0 aromatic heterocycles.